The molecule has 2 aromatic heterocycles. The van der Waals surface area contributed by atoms with Crippen LogP contribution in [0.2, 0.25) is 0 Å². The Morgan fingerprint density at radius 2 is 2.18 bits per heavy atom. The molecule has 2 rings (SSSR count). The lowest BCUT2D eigenvalue weighted by molar-refractivity contribution is 0.0691. The second kappa shape index (κ2) is 3.63. The van der Waals surface area contributed by atoms with Crippen molar-refractivity contribution >= 4 is 17.3 Å². The predicted octanol–water partition coefficient (Wildman–Crippen LogP) is -1.18. The van der Waals surface area contributed by atoms with E-state index >= 15 is 0 Å². The third-order valence-electron chi connectivity index (χ3n) is 2.03. The monoisotopic (exact) mass is 236 g/mol. The van der Waals surface area contributed by atoms with Crippen molar-refractivity contribution in [3.63, 3.8) is 0 Å². The molecule has 0 aromatic carbocycles. The van der Waals surface area contributed by atoms with Gasteiger partial charge in [0.15, 0.2) is 11.5 Å². The number of carbonyl (C=O) groups is 1. The van der Waals surface area contributed by atoms with Crippen LogP contribution in [-0.2, 0) is 0 Å². The summed E-state index contributed by atoms with van der Waals surface area (Å²) in [6.07, 6.45) is 2.36. The van der Waals surface area contributed by atoms with E-state index in [0.717, 1.165) is 11.0 Å². The number of nitrogens with zero attached hydrogens (tertiary/aromatic N) is 3. The van der Waals surface area contributed by atoms with Crippen molar-refractivity contribution in [2.75, 3.05) is 11.5 Å². The Hall–Kier alpha value is -2.84. The van der Waals surface area contributed by atoms with E-state index in [4.69, 9.17) is 16.6 Å². The van der Waals surface area contributed by atoms with Crippen molar-refractivity contribution in [3.8, 4) is 5.82 Å². The van der Waals surface area contributed by atoms with Gasteiger partial charge in [0, 0.05) is 0 Å². The van der Waals surface area contributed by atoms with E-state index in [1.54, 1.807) is 0 Å². The lowest BCUT2D eigenvalue weighted by Gasteiger charge is -2.01. The molecule has 0 unspecified atom stereocenters. The molecule has 0 atom stereocenters. The first-order chi connectivity index (χ1) is 8.00. The van der Waals surface area contributed by atoms with Crippen LogP contribution >= 0.6 is 0 Å². The van der Waals surface area contributed by atoms with E-state index in [9.17, 15) is 9.59 Å². The molecule has 0 aliphatic carbocycles. The van der Waals surface area contributed by atoms with Crippen LogP contribution in [0.4, 0.5) is 11.4 Å². The number of nitrogens with two attached hydrogens (primary N) is 2. The van der Waals surface area contributed by atoms with Crippen molar-refractivity contribution in [2.45, 2.75) is 0 Å². The van der Waals surface area contributed by atoms with Gasteiger partial charge in [0.1, 0.15) is 5.69 Å². The van der Waals surface area contributed by atoms with Crippen molar-refractivity contribution in [3.05, 3.63) is 28.6 Å². The summed E-state index contributed by atoms with van der Waals surface area (Å²) in [5.41, 5.74) is 9.86. The Balaban J connectivity index is 2.62. The molecule has 0 bridgehead atoms. The van der Waals surface area contributed by atoms with Gasteiger partial charge in [-0.3, -0.25) is 4.79 Å². The summed E-state index contributed by atoms with van der Waals surface area (Å²) in [7, 11) is 0. The quantitative estimate of drug-likeness (QED) is 0.511. The van der Waals surface area contributed by atoms with Gasteiger partial charge in [0.2, 0.25) is 0 Å². The van der Waals surface area contributed by atoms with Crippen molar-refractivity contribution in [2.24, 2.45) is 0 Å². The van der Waals surface area contributed by atoms with Crippen LogP contribution in [0.25, 0.3) is 5.82 Å². The maximum Gasteiger partial charge on any atom is 0.358 e. The fraction of sp³-hybridized carbons (Fsp3) is 0. The normalized spacial score (nSPS) is 10.4. The third kappa shape index (κ3) is 1.69. The topological polar surface area (TPSA) is 153 Å². The Labute approximate surface area is 93.7 Å². The van der Waals surface area contributed by atoms with E-state index in [0.29, 0.717) is 0 Å². The Kier molecular flexibility index (Phi) is 2.28. The van der Waals surface area contributed by atoms with E-state index in [2.05, 4.69) is 15.1 Å². The van der Waals surface area contributed by atoms with Crippen LogP contribution in [0.1, 0.15) is 10.5 Å². The number of nitrogen functional groups attached to an aromatic ring is 2. The van der Waals surface area contributed by atoms with Crippen molar-refractivity contribution in [1.82, 2.24) is 19.7 Å². The van der Waals surface area contributed by atoms with Crippen LogP contribution < -0.4 is 17.0 Å². The molecule has 0 saturated heterocycles. The maximum atomic E-state index is 11.2. The number of aromatic amines is 1. The molecule has 6 N–H and O–H groups in total. The summed E-state index contributed by atoms with van der Waals surface area (Å²) in [4.78, 5) is 28.0. The van der Waals surface area contributed by atoms with Gasteiger partial charge in [0.05, 0.1) is 18.2 Å². The number of carboxylic acid groups (broad SMARTS) is 1. The Bertz CT molecular complexity index is 643. The molecule has 0 aliphatic heterocycles. The van der Waals surface area contributed by atoms with Crippen LogP contribution in [0.3, 0.4) is 0 Å². The van der Waals surface area contributed by atoms with E-state index in [1.807, 2.05) is 0 Å². The second-order valence-electron chi connectivity index (χ2n) is 3.15. The van der Waals surface area contributed by atoms with E-state index in [1.165, 1.54) is 6.20 Å². The zero-order valence-electron chi connectivity index (χ0n) is 8.41. The van der Waals surface area contributed by atoms with Gasteiger partial charge in [-0.2, -0.15) is 5.10 Å². The molecule has 0 fully saturated rings. The lowest BCUT2D eigenvalue weighted by atomic mass is 10.4. The highest BCUT2D eigenvalue weighted by Gasteiger charge is 2.16. The Morgan fingerprint density at radius 3 is 2.76 bits per heavy atom. The highest BCUT2D eigenvalue weighted by molar-refractivity contribution is 5.91. The first kappa shape index (κ1) is 10.7. The summed E-state index contributed by atoms with van der Waals surface area (Å²) >= 11 is 0. The molecule has 0 radical (unpaired) electrons. The molecule has 2 heterocycles. The smallest absolute Gasteiger partial charge is 0.358 e. The van der Waals surface area contributed by atoms with Gasteiger partial charge in [-0.05, 0) is 0 Å². The second-order valence-corrected chi connectivity index (χ2v) is 3.15. The number of rotatable bonds is 2. The van der Waals surface area contributed by atoms with E-state index < -0.39 is 11.5 Å². The molecule has 0 aliphatic rings. The van der Waals surface area contributed by atoms with E-state index in [-0.39, 0.29) is 22.9 Å². The third-order valence-corrected chi connectivity index (χ3v) is 2.03. The minimum absolute atomic E-state index is 0.0212. The summed E-state index contributed by atoms with van der Waals surface area (Å²) in [5, 5.41) is 12.5. The number of nitrogens with one attached hydrogen (secondary N) is 1. The van der Waals surface area contributed by atoms with Gasteiger partial charge in [-0.25, -0.2) is 14.5 Å². The lowest BCUT2D eigenvalue weighted by Crippen LogP contribution is -2.17. The molecule has 0 amide bonds. The molecule has 0 saturated carbocycles. The van der Waals surface area contributed by atoms with Gasteiger partial charge >= 0.3 is 5.97 Å². The maximum absolute atomic E-state index is 11.2. The molecule has 2 aromatic rings. The highest BCUT2D eigenvalue weighted by atomic mass is 16.4. The first-order valence-electron chi connectivity index (χ1n) is 4.42. The fourth-order valence-corrected chi connectivity index (χ4v) is 1.25. The fourth-order valence-electron chi connectivity index (χ4n) is 1.25. The first-order valence-corrected chi connectivity index (χ1v) is 4.42. The number of anilines is 2. The van der Waals surface area contributed by atoms with Gasteiger partial charge in [0.25, 0.3) is 5.56 Å². The highest BCUT2D eigenvalue weighted by Crippen LogP contribution is 2.14. The number of aromatic nitrogens is 4. The average Bonchev–Trinajstić information content (AvgIpc) is 2.64. The van der Waals surface area contributed by atoms with Crippen molar-refractivity contribution < 1.29 is 9.90 Å². The predicted molar refractivity (Wildman–Crippen MR) is 57.8 cm³/mol. The minimum Gasteiger partial charge on any atom is -0.476 e. The zero-order chi connectivity index (χ0) is 12.6. The summed E-state index contributed by atoms with van der Waals surface area (Å²) < 4.78 is 1.04. The zero-order valence-corrected chi connectivity index (χ0v) is 8.41. The summed E-state index contributed by atoms with van der Waals surface area (Å²) in [6.45, 7) is 0. The SMILES string of the molecule is Nc1cn(-c2nc[nH]c(=O)c2N)nc1C(=O)O. The summed E-state index contributed by atoms with van der Waals surface area (Å²) in [5.74, 6) is -1.25. The number of aromatic carboxylic acids is 1. The Morgan fingerprint density at radius 1 is 1.47 bits per heavy atom. The standard InChI is InChI=1S/C8H8N6O3/c9-3-1-14(13-5(3)8(16)17)6-4(10)7(15)12-2-11-6/h1-2H,9-10H2,(H,16,17)(H,11,12,15). The van der Waals surface area contributed by atoms with Crippen LogP contribution in [0.15, 0.2) is 17.3 Å². The van der Waals surface area contributed by atoms with Crippen LogP contribution in [0, 0.1) is 0 Å². The van der Waals surface area contributed by atoms with Gasteiger partial charge in [-0.1, -0.05) is 0 Å². The van der Waals surface area contributed by atoms with Gasteiger partial charge in [-0.15, -0.1) is 0 Å². The molecule has 17 heavy (non-hydrogen) atoms. The number of hydrogen-bond donors (Lipinski definition) is 4. The summed E-state index contributed by atoms with van der Waals surface area (Å²) in [6, 6.07) is 0. The van der Waals surface area contributed by atoms with Crippen molar-refractivity contribution in [1.29, 1.82) is 0 Å². The molecular formula is C8H8N6O3. The minimum atomic E-state index is -1.27. The number of H-pyrrole nitrogens is 1. The largest absolute Gasteiger partial charge is 0.476 e. The number of carboxylic acids is 1. The molecular weight excluding hydrogens is 228 g/mol. The van der Waals surface area contributed by atoms with Gasteiger partial charge < -0.3 is 21.6 Å². The number of hydrogen-bond acceptors (Lipinski definition) is 6. The molecule has 9 heteroatoms. The van der Waals surface area contributed by atoms with Crippen LogP contribution in [-0.4, -0.2) is 30.8 Å². The molecule has 0 spiro atoms. The van der Waals surface area contributed by atoms with Crippen LogP contribution in [0.5, 0.6) is 0 Å². The average molecular weight is 236 g/mol. The molecule has 88 valence electrons. The molecule has 9 nitrogen and oxygen atoms in total.